The van der Waals surface area contributed by atoms with Crippen molar-refractivity contribution in [2.45, 2.75) is 50.9 Å². The highest BCUT2D eigenvalue weighted by molar-refractivity contribution is 6.30. The Bertz CT molecular complexity index is 1690. The largest absolute Gasteiger partial charge is 0.545 e. The maximum Gasteiger partial charge on any atom is 0.318 e. The summed E-state index contributed by atoms with van der Waals surface area (Å²) in [5.74, 6) is -0.950. The fourth-order valence-corrected chi connectivity index (χ4v) is 6.36. The number of ether oxygens (including phenoxy) is 2. The number of carbonyl (C=O) groups is 1. The minimum Gasteiger partial charge on any atom is -0.545 e. The van der Waals surface area contributed by atoms with E-state index in [4.69, 9.17) is 26.1 Å². The van der Waals surface area contributed by atoms with Crippen molar-refractivity contribution in [1.82, 2.24) is 19.5 Å². The van der Waals surface area contributed by atoms with Crippen molar-refractivity contribution < 1.29 is 28.2 Å². The number of fused-ring (bicyclic) bond motifs is 1. The van der Waals surface area contributed by atoms with E-state index in [1.54, 1.807) is 18.2 Å². The van der Waals surface area contributed by atoms with E-state index >= 15 is 0 Å². The lowest BCUT2D eigenvalue weighted by atomic mass is 9.90. The number of nitrogens with zero attached hydrogens (tertiary/aromatic N) is 5. The van der Waals surface area contributed by atoms with Crippen molar-refractivity contribution in [1.29, 1.82) is 0 Å². The number of benzene rings is 2. The lowest BCUT2D eigenvalue weighted by Gasteiger charge is -2.34. The zero-order valence-corrected chi connectivity index (χ0v) is 23.3. The summed E-state index contributed by atoms with van der Waals surface area (Å²) in [6, 6.07) is 9.15. The summed E-state index contributed by atoms with van der Waals surface area (Å²) in [5.41, 5.74) is 1.97. The molecule has 0 bridgehead atoms. The van der Waals surface area contributed by atoms with E-state index in [2.05, 4.69) is 14.5 Å². The number of carbonyl (C=O) groups excluding carboxylic acids is 1. The number of anilines is 1. The minimum absolute atomic E-state index is 0.0300. The topological polar surface area (TPSA) is 105 Å². The highest BCUT2D eigenvalue weighted by atomic mass is 35.5. The van der Waals surface area contributed by atoms with Crippen LogP contribution in [-0.2, 0) is 17.9 Å². The molecule has 1 unspecified atom stereocenters. The molecule has 1 aliphatic carbocycles. The fourth-order valence-electron chi connectivity index (χ4n) is 6.20. The maximum atomic E-state index is 14.8. The number of carboxylic acid groups (broad SMARTS) is 1. The van der Waals surface area contributed by atoms with Gasteiger partial charge in [0, 0.05) is 36.2 Å². The van der Waals surface area contributed by atoms with E-state index in [0.717, 1.165) is 55.3 Å². The first-order chi connectivity index (χ1) is 20.3. The summed E-state index contributed by atoms with van der Waals surface area (Å²) in [6.07, 6.45) is 4.70. The molecule has 2 aromatic carbocycles. The molecule has 1 saturated carbocycles. The van der Waals surface area contributed by atoms with E-state index in [0.29, 0.717) is 25.2 Å². The van der Waals surface area contributed by atoms with Crippen LogP contribution in [0, 0.1) is 17.0 Å². The first-order valence-electron chi connectivity index (χ1n) is 14.0. The average Bonchev–Trinajstić information content (AvgIpc) is 3.52. The summed E-state index contributed by atoms with van der Waals surface area (Å²) >= 11 is 5.81. The van der Waals surface area contributed by atoms with Crippen LogP contribution in [-0.4, -0.2) is 51.3 Å². The van der Waals surface area contributed by atoms with Gasteiger partial charge in [0.2, 0.25) is 0 Å². The third kappa shape index (κ3) is 4.94. The van der Waals surface area contributed by atoms with Crippen molar-refractivity contribution >= 4 is 34.4 Å². The molecule has 3 fully saturated rings. The molecule has 0 radical (unpaired) electrons. The summed E-state index contributed by atoms with van der Waals surface area (Å²) in [7, 11) is 0. The first-order valence-corrected chi connectivity index (χ1v) is 14.3. The number of aromatic nitrogens is 4. The summed E-state index contributed by atoms with van der Waals surface area (Å²) < 4.78 is 42.3. The van der Waals surface area contributed by atoms with Gasteiger partial charge in [0.1, 0.15) is 18.2 Å². The Morgan fingerprint density at radius 2 is 1.95 bits per heavy atom. The molecule has 4 aromatic rings. The molecular weight excluding hydrogens is 568 g/mol. The molecule has 1 spiro atoms. The van der Waals surface area contributed by atoms with Gasteiger partial charge in [-0.2, -0.15) is 4.98 Å². The molecule has 2 saturated heterocycles. The van der Waals surface area contributed by atoms with E-state index in [1.807, 2.05) is 4.90 Å². The monoisotopic (exact) mass is 594 g/mol. The third-order valence-corrected chi connectivity index (χ3v) is 9.06. The molecule has 3 aliphatic rings. The second kappa shape index (κ2) is 10.5. The van der Waals surface area contributed by atoms with Gasteiger partial charge < -0.3 is 28.8 Å². The number of carboxylic acids is 1. The number of rotatable bonds is 8. The number of aromatic carboxylic acids is 1. The van der Waals surface area contributed by atoms with Crippen LogP contribution in [0.15, 0.2) is 42.6 Å². The zero-order valence-electron chi connectivity index (χ0n) is 22.6. The van der Waals surface area contributed by atoms with Crippen LogP contribution in [0.4, 0.5) is 14.6 Å². The zero-order chi connectivity index (χ0) is 29.0. The van der Waals surface area contributed by atoms with Crippen molar-refractivity contribution in [2.24, 2.45) is 5.41 Å². The highest BCUT2D eigenvalue weighted by Gasteiger charge is 2.57. The molecule has 2 aliphatic heterocycles. The average molecular weight is 595 g/mol. The Morgan fingerprint density at radius 1 is 1.14 bits per heavy atom. The van der Waals surface area contributed by atoms with Gasteiger partial charge in [0.15, 0.2) is 11.6 Å². The lowest BCUT2D eigenvalue weighted by molar-refractivity contribution is -0.255. The van der Waals surface area contributed by atoms with Gasteiger partial charge in [-0.15, -0.1) is 0 Å². The Hall–Kier alpha value is -3.83. The van der Waals surface area contributed by atoms with Crippen LogP contribution in [0.2, 0.25) is 5.02 Å². The molecule has 4 heterocycles. The first kappa shape index (κ1) is 27.0. The van der Waals surface area contributed by atoms with Gasteiger partial charge in [-0.05, 0) is 60.9 Å². The predicted molar refractivity (Wildman–Crippen MR) is 147 cm³/mol. The third-order valence-electron chi connectivity index (χ3n) is 8.83. The summed E-state index contributed by atoms with van der Waals surface area (Å²) in [6.45, 7) is 2.42. The van der Waals surface area contributed by atoms with Crippen LogP contribution in [0.5, 0.6) is 6.01 Å². The second-order valence-electron chi connectivity index (χ2n) is 11.3. The van der Waals surface area contributed by atoms with Gasteiger partial charge in [0.05, 0.1) is 35.8 Å². The molecule has 42 heavy (non-hydrogen) atoms. The fraction of sp³-hybridized carbons (Fsp3) is 0.400. The second-order valence-corrected chi connectivity index (χ2v) is 11.7. The van der Waals surface area contributed by atoms with Crippen LogP contribution >= 0.6 is 11.6 Å². The van der Waals surface area contributed by atoms with E-state index in [9.17, 15) is 18.7 Å². The number of hydrogen-bond acceptors (Lipinski definition) is 8. The van der Waals surface area contributed by atoms with Crippen LogP contribution in [0.1, 0.15) is 53.3 Å². The normalized spacial score (nSPS) is 21.0. The number of hydrogen-bond donors (Lipinski definition) is 0. The minimum atomic E-state index is -1.22. The molecule has 2 aromatic heterocycles. The highest BCUT2D eigenvalue weighted by Crippen LogP contribution is 2.65. The van der Waals surface area contributed by atoms with Gasteiger partial charge in [0.25, 0.3) is 0 Å². The van der Waals surface area contributed by atoms with E-state index in [1.165, 1.54) is 18.2 Å². The van der Waals surface area contributed by atoms with Crippen molar-refractivity contribution in [3.63, 3.8) is 0 Å². The van der Waals surface area contributed by atoms with Crippen LogP contribution in [0.3, 0.4) is 0 Å². The van der Waals surface area contributed by atoms with E-state index < -0.39 is 17.6 Å². The molecular formula is C30H27ClF2N5O4-. The van der Waals surface area contributed by atoms with Gasteiger partial charge >= 0.3 is 6.01 Å². The van der Waals surface area contributed by atoms with Gasteiger partial charge in [-0.3, -0.25) is 0 Å². The van der Waals surface area contributed by atoms with Crippen molar-refractivity contribution in [3.05, 3.63) is 76.2 Å². The van der Waals surface area contributed by atoms with Crippen molar-refractivity contribution in [3.8, 4) is 6.01 Å². The molecule has 2 atom stereocenters. The SMILES string of the molecule is O=C([O-])c1ccc2nc(C3CC34CCN(c3nc(OCc5ccc(Cl)cc5F)ncc3F)CC4)n(C[C@@H]3CCO3)c2c1. The van der Waals surface area contributed by atoms with Crippen LogP contribution < -0.4 is 14.7 Å². The Morgan fingerprint density at radius 3 is 2.67 bits per heavy atom. The Kier molecular flexibility index (Phi) is 6.73. The lowest BCUT2D eigenvalue weighted by Crippen LogP contribution is -2.36. The maximum absolute atomic E-state index is 14.8. The Labute approximate surface area is 245 Å². The molecule has 12 heteroatoms. The van der Waals surface area contributed by atoms with Gasteiger partial charge in [-0.25, -0.2) is 18.7 Å². The standard InChI is InChI=1S/C30H28ClF2N5O4/c31-19-3-1-18(22(32)12-19)16-42-29-34-14-23(33)27(36-29)37-8-6-30(7-9-37)13-21(30)26-35-24-4-2-17(28(39)40)11-25(24)38(26)15-20-5-10-41-20/h1-4,11-12,14,20-21H,5-10,13,15-16H2,(H,39,40)/p-1/t20-,21?/m0/s1. The van der Waals surface area contributed by atoms with E-state index in [-0.39, 0.29) is 46.5 Å². The Balaban J connectivity index is 1.07. The number of halogens is 3. The van der Waals surface area contributed by atoms with Crippen LogP contribution in [0.25, 0.3) is 11.0 Å². The molecule has 218 valence electrons. The summed E-state index contributed by atoms with van der Waals surface area (Å²) in [5, 5.41) is 11.8. The number of piperidine rings is 1. The predicted octanol–water partition coefficient (Wildman–Crippen LogP) is 4.26. The summed E-state index contributed by atoms with van der Waals surface area (Å²) in [4.78, 5) is 26.6. The molecule has 0 amide bonds. The molecule has 9 nitrogen and oxygen atoms in total. The molecule has 7 rings (SSSR count). The van der Waals surface area contributed by atoms with Gasteiger partial charge in [-0.1, -0.05) is 23.7 Å². The quantitative estimate of drug-likeness (QED) is 0.298. The number of imidazole rings is 1. The van der Waals surface area contributed by atoms with Crippen molar-refractivity contribution in [2.75, 3.05) is 24.6 Å². The molecule has 0 N–H and O–H groups in total. The smallest absolute Gasteiger partial charge is 0.318 e.